The van der Waals surface area contributed by atoms with Gasteiger partial charge in [-0.2, -0.15) is 0 Å². The molecule has 1 aliphatic rings. The van der Waals surface area contributed by atoms with Crippen LogP contribution in [-0.4, -0.2) is 11.7 Å². The van der Waals surface area contributed by atoms with Gasteiger partial charge in [-0.1, -0.05) is 38.0 Å². The molecule has 1 N–H and O–H groups in total. The first-order valence-corrected chi connectivity index (χ1v) is 4.94. The topological polar surface area (TPSA) is 20.2 Å². The van der Waals surface area contributed by atoms with E-state index in [1.165, 1.54) is 38.5 Å². The summed E-state index contributed by atoms with van der Waals surface area (Å²) < 4.78 is 0. The van der Waals surface area contributed by atoms with Gasteiger partial charge in [0.15, 0.2) is 0 Å². The second-order valence-corrected chi connectivity index (χ2v) is 3.70. The van der Waals surface area contributed by atoms with Crippen molar-refractivity contribution >= 4 is 0 Å². The quantitative estimate of drug-likeness (QED) is 0.638. The molecule has 1 nitrogen and oxygen atoms in total. The molecule has 12 heavy (non-hydrogen) atoms. The third-order valence-electron chi connectivity index (χ3n) is 2.75. The minimum atomic E-state index is 0.0217. The number of aliphatic hydroxyl groups is 1. The summed E-state index contributed by atoms with van der Waals surface area (Å²) in [6, 6.07) is 0. The van der Waals surface area contributed by atoms with Crippen LogP contribution in [-0.2, 0) is 0 Å². The molecule has 0 radical (unpaired) electrons. The monoisotopic (exact) mass is 166 g/mol. The standard InChI is InChI=1S/C11H18O/c1-2-3-6-11(7-4-8-11)9-5-10-12/h12H,2-4,6-8,10H2,1H3. The van der Waals surface area contributed by atoms with E-state index in [4.69, 9.17) is 5.11 Å². The lowest BCUT2D eigenvalue weighted by Gasteiger charge is -2.37. The summed E-state index contributed by atoms with van der Waals surface area (Å²) in [5.41, 5.74) is 0.304. The van der Waals surface area contributed by atoms with E-state index >= 15 is 0 Å². The van der Waals surface area contributed by atoms with Crippen molar-refractivity contribution in [1.29, 1.82) is 0 Å². The molecule has 0 unspecified atom stereocenters. The summed E-state index contributed by atoms with van der Waals surface area (Å²) in [6.45, 7) is 2.24. The van der Waals surface area contributed by atoms with Gasteiger partial charge in [-0.25, -0.2) is 0 Å². The molecule has 0 atom stereocenters. The van der Waals surface area contributed by atoms with Crippen LogP contribution < -0.4 is 0 Å². The zero-order valence-electron chi connectivity index (χ0n) is 7.90. The first kappa shape index (κ1) is 9.61. The van der Waals surface area contributed by atoms with E-state index < -0.39 is 0 Å². The predicted molar refractivity (Wildman–Crippen MR) is 50.7 cm³/mol. The first-order valence-electron chi connectivity index (χ1n) is 4.94. The second-order valence-electron chi connectivity index (χ2n) is 3.70. The molecule has 0 aromatic heterocycles. The van der Waals surface area contributed by atoms with Gasteiger partial charge in [-0.3, -0.25) is 0 Å². The lowest BCUT2D eigenvalue weighted by Crippen LogP contribution is -2.27. The van der Waals surface area contributed by atoms with Crippen LogP contribution in [0.15, 0.2) is 0 Å². The molecule has 0 aromatic carbocycles. The molecule has 1 fully saturated rings. The second kappa shape index (κ2) is 4.52. The molecule has 0 aromatic rings. The fourth-order valence-corrected chi connectivity index (χ4v) is 1.78. The molecular weight excluding hydrogens is 148 g/mol. The van der Waals surface area contributed by atoms with E-state index in [1.54, 1.807) is 0 Å². The zero-order valence-corrected chi connectivity index (χ0v) is 7.90. The summed E-state index contributed by atoms with van der Waals surface area (Å²) in [7, 11) is 0. The smallest absolute Gasteiger partial charge is 0.104 e. The van der Waals surface area contributed by atoms with E-state index in [1.807, 2.05) is 0 Å². The molecular formula is C11H18O. The van der Waals surface area contributed by atoms with Crippen LogP contribution in [0.5, 0.6) is 0 Å². The molecule has 0 amide bonds. The molecule has 0 spiro atoms. The van der Waals surface area contributed by atoms with E-state index in [-0.39, 0.29) is 6.61 Å². The lowest BCUT2D eigenvalue weighted by atomic mass is 9.66. The molecule has 1 heteroatoms. The first-order chi connectivity index (χ1) is 5.83. The van der Waals surface area contributed by atoms with Gasteiger partial charge < -0.3 is 5.11 Å². The van der Waals surface area contributed by atoms with Crippen molar-refractivity contribution in [3.63, 3.8) is 0 Å². The molecule has 0 aliphatic heterocycles. The van der Waals surface area contributed by atoms with Crippen LogP contribution in [0.3, 0.4) is 0 Å². The number of rotatable bonds is 3. The van der Waals surface area contributed by atoms with Gasteiger partial charge in [0, 0.05) is 5.41 Å². The van der Waals surface area contributed by atoms with Gasteiger partial charge in [-0.15, -0.1) is 0 Å². The van der Waals surface area contributed by atoms with Crippen molar-refractivity contribution in [3.8, 4) is 11.8 Å². The highest BCUT2D eigenvalue weighted by Crippen LogP contribution is 2.44. The van der Waals surface area contributed by atoms with Gasteiger partial charge in [0.25, 0.3) is 0 Å². The minimum Gasteiger partial charge on any atom is -0.384 e. The highest BCUT2D eigenvalue weighted by Gasteiger charge is 2.34. The van der Waals surface area contributed by atoms with Gasteiger partial charge in [0.05, 0.1) is 0 Å². The van der Waals surface area contributed by atoms with Crippen LogP contribution in [0.2, 0.25) is 0 Å². The van der Waals surface area contributed by atoms with Crippen LogP contribution in [0.1, 0.15) is 45.4 Å². The highest BCUT2D eigenvalue weighted by atomic mass is 16.2. The van der Waals surface area contributed by atoms with Gasteiger partial charge in [-0.05, 0) is 19.3 Å². The highest BCUT2D eigenvalue weighted by molar-refractivity contribution is 5.15. The Balaban J connectivity index is 2.39. The van der Waals surface area contributed by atoms with Crippen LogP contribution in [0, 0.1) is 17.3 Å². The Morgan fingerprint density at radius 3 is 2.58 bits per heavy atom. The molecule has 0 bridgehead atoms. The van der Waals surface area contributed by atoms with Crippen molar-refractivity contribution < 1.29 is 5.11 Å². The normalized spacial score (nSPS) is 19.2. The average molecular weight is 166 g/mol. The maximum Gasteiger partial charge on any atom is 0.104 e. The molecule has 0 heterocycles. The minimum absolute atomic E-state index is 0.0217. The SMILES string of the molecule is CCCCC1(C#CCO)CCC1. The van der Waals surface area contributed by atoms with Crippen molar-refractivity contribution in [3.05, 3.63) is 0 Å². The van der Waals surface area contributed by atoms with Crippen molar-refractivity contribution in [2.45, 2.75) is 45.4 Å². The summed E-state index contributed by atoms with van der Waals surface area (Å²) in [5, 5.41) is 8.60. The van der Waals surface area contributed by atoms with Gasteiger partial charge in [0.2, 0.25) is 0 Å². The van der Waals surface area contributed by atoms with Gasteiger partial charge >= 0.3 is 0 Å². The fourth-order valence-electron chi connectivity index (χ4n) is 1.78. The Hall–Kier alpha value is -0.480. The van der Waals surface area contributed by atoms with Gasteiger partial charge in [0.1, 0.15) is 6.61 Å². The van der Waals surface area contributed by atoms with Crippen molar-refractivity contribution in [2.24, 2.45) is 5.41 Å². The molecule has 1 rings (SSSR count). The number of hydrogen-bond acceptors (Lipinski definition) is 1. The summed E-state index contributed by atoms with van der Waals surface area (Å²) in [6.07, 6.45) is 7.59. The largest absolute Gasteiger partial charge is 0.384 e. The summed E-state index contributed by atoms with van der Waals surface area (Å²) in [4.78, 5) is 0. The maximum atomic E-state index is 8.60. The van der Waals surface area contributed by atoms with E-state index in [9.17, 15) is 0 Å². The maximum absolute atomic E-state index is 8.60. The Morgan fingerprint density at radius 2 is 2.17 bits per heavy atom. The third kappa shape index (κ3) is 2.25. The predicted octanol–water partition coefficient (Wildman–Crippen LogP) is 2.34. The van der Waals surface area contributed by atoms with Crippen LogP contribution in [0.4, 0.5) is 0 Å². The molecule has 0 saturated heterocycles. The van der Waals surface area contributed by atoms with Crippen LogP contribution in [0.25, 0.3) is 0 Å². The van der Waals surface area contributed by atoms with Crippen LogP contribution >= 0.6 is 0 Å². The Bertz CT molecular complexity index is 181. The average Bonchev–Trinajstić information content (AvgIpc) is 2.02. The molecule has 68 valence electrons. The van der Waals surface area contributed by atoms with Crippen molar-refractivity contribution in [2.75, 3.05) is 6.61 Å². The van der Waals surface area contributed by atoms with E-state index in [0.717, 1.165) is 0 Å². The molecule has 1 aliphatic carbocycles. The molecule has 1 saturated carbocycles. The Morgan fingerprint density at radius 1 is 1.42 bits per heavy atom. The number of hydrogen-bond donors (Lipinski definition) is 1. The van der Waals surface area contributed by atoms with E-state index in [0.29, 0.717) is 5.41 Å². The number of unbranched alkanes of at least 4 members (excludes halogenated alkanes) is 1. The van der Waals surface area contributed by atoms with E-state index in [2.05, 4.69) is 18.8 Å². The fraction of sp³-hybridized carbons (Fsp3) is 0.818. The summed E-state index contributed by atoms with van der Waals surface area (Å²) in [5.74, 6) is 6.02. The third-order valence-corrected chi connectivity index (χ3v) is 2.75. The number of aliphatic hydroxyl groups excluding tert-OH is 1. The Kier molecular flexibility index (Phi) is 3.62. The zero-order chi connectivity index (χ0) is 8.86. The lowest BCUT2D eigenvalue weighted by molar-refractivity contribution is 0.195. The summed E-state index contributed by atoms with van der Waals surface area (Å²) >= 11 is 0. The van der Waals surface area contributed by atoms with Crippen molar-refractivity contribution in [1.82, 2.24) is 0 Å². The Labute approximate surface area is 75.2 Å².